The summed E-state index contributed by atoms with van der Waals surface area (Å²) in [5, 5.41) is 6.71. The van der Waals surface area contributed by atoms with Gasteiger partial charge in [-0.05, 0) is 37.3 Å². The van der Waals surface area contributed by atoms with Crippen LogP contribution in [0.15, 0.2) is 52.3 Å². The molecule has 4 aromatic rings. The van der Waals surface area contributed by atoms with E-state index in [1.807, 2.05) is 30.5 Å². The quantitative estimate of drug-likeness (QED) is 0.473. The maximum Gasteiger partial charge on any atom is 0.293 e. The van der Waals surface area contributed by atoms with Crippen LogP contribution in [-0.2, 0) is 0 Å². The molecule has 0 saturated heterocycles. The lowest BCUT2D eigenvalue weighted by Gasteiger charge is -2.00. The van der Waals surface area contributed by atoms with Crippen molar-refractivity contribution in [2.45, 2.75) is 6.92 Å². The fourth-order valence-electron chi connectivity index (χ4n) is 2.78. The summed E-state index contributed by atoms with van der Waals surface area (Å²) in [6.07, 6.45) is 0. The van der Waals surface area contributed by atoms with E-state index in [-0.39, 0.29) is 11.7 Å². The maximum absolute atomic E-state index is 12.7. The summed E-state index contributed by atoms with van der Waals surface area (Å²) in [5.74, 6) is 0.645. The summed E-state index contributed by atoms with van der Waals surface area (Å²) in [5.41, 5.74) is 3.11. The van der Waals surface area contributed by atoms with Crippen molar-refractivity contribution in [2.75, 3.05) is 12.4 Å². The Morgan fingerprint density at radius 1 is 1.22 bits per heavy atom. The van der Waals surface area contributed by atoms with Gasteiger partial charge in [0.15, 0.2) is 10.9 Å². The van der Waals surface area contributed by atoms with Crippen molar-refractivity contribution >= 4 is 44.9 Å². The molecular weight excluding hydrogens is 384 g/mol. The Hall–Kier alpha value is -2.83. The number of halogens is 1. The van der Waals surface area contributed by atoms with Gasteiger partial charge in [0.25, 0.3) is 5.91 Å². The number of carbonyl (C=O) groups excluding carboxylic acids is 1. The van der Waals surface area contributed by atoms with E-state index in [1.165, 1.54) is 11.3 Å². The molecular formula is C20H15ClN2O3S. The average molecular weight is 399 g/mol. The number of ether oxygens (including phenoxy) is 1. The number of aromatic nitrogens is 1. The zero-order chi connectivity index (χ0) is 19.0. The number of methoxy groups -OCH3 is 1. The van der Waals surface area contributed by atoms with Gasteiger partial charge in [0.05, 0.1) is 12.8 Å². The molecule has 0 saturated carbocycles. The van der Waals surface area contributed by atoms with Crippen LogP contribution in [-0.4, -0.2) is 18.0 Å². The highest BCUT2D eigenvalue weighted by atomic mass is 35.5. The van der Waals surface area contributed by atoms with Crippen LogP contribution < -0.4 is 10.1 Å². The molecule has 0 bridgehead atoms. The van der Waals surface area contributed by atoms with Crippen LogP contribution in [0, 0.1) is 6.92 Å². The van der Waals surface area contributed by atoms with Gasteiger partial charge in [0, 0.05) is 26.9 Å². The molecule has 0 radical (unpaired) electrons. The zero-order valence-corrected chi connectivity index (χ0v) is 16.1. The van der Waals surface area contributed by atoms with Gasteiger partial charge in [0.2, 0.25) is 0 Å². The van der Waals surface area contributed by atoms with E-state index in [0.717, 1.165) is 22.2 Å². The van der Waals surface area contributed by atoms with Gasteiger partial charge in [-0.15, -0.1) is 11.3 Å². The summed E-state index contributed by atoms with van der Waals surface area (Å²) in [6, 6.07) is 12.8. The maximum atomic E-state index is 12.7. The predicted molar refractivity (Wildman–Crippen MR) is 108 cm³/mol. The Labute approximate surface area is 164 Å². The Kier molecular flexibility index (Phi) is 4.59. The van der Waals surface area contributed by atoms with Crippen LogP contribution in [0.1, 0.15) is 16.1 Å². The second-order valence-corrected chi connectivity index (χ2v) is 7.21. The number of fused-ring (bicyclic) bond motifs is 1. The molecule has 4 rings (SSSR count). The second kappa shape index (κ2) is 7.06. The third-order valence-electron chi connectivity index (χ3n) is 4.21. The Bertz CT molecular complexity index is 1130. The van der Waals surface area contributed by atoms with Crippen LogP contribution in [0.25, 0.3) is 22.2 Å². The third-order valence-corrected chi connectivity index (χ3v) is 5.22. The van der Waals surface area contributed by atoms with Crippen LogP contribution in [0.4, 0.5) is 5.13 Å². The lowest BCUT2D eigenvalue weighted by Crippen LogP contribution is -2.11. The van der Waals surface area contributed by atoms with E-state index in [0.29, 0.717) is 21.5 Å². The summed E-state index contributed by atoms with van der Waals surface area (Å²) < 4.78 is 11.0. The topological polar surface area (TPSA) is 64.4 Å². The van der Waals surface area contributed by atoms with E-state index in [1.54, 1.807) is 31.4 Å². The monoisotopic (exact) mass is 398 g/mol. The van der Waals surface area contributed by atoms with Crippen molar-refractivity contribution in [1.82, 2.24) is 4.98 Å². The smallest absolute Gasteiger partial charge is 0.293 e. The number of benzene rings is 2. The Morgan fingerprint density at radius 3 is 2.74 bits per heavy atom. The molecule has 2 aromatic carbocycles. The standard InChI is InChI=1S/C20H15ClN2O3S/c1-11-15-9-14(25-2)7-8-17(15)26-18(11)19(24)23-20-22-16(10-27-20)12-3-5-13(21)6-4-12/h3-10H,1-2H3,(H,22,23,24). The average Bonchev–Trinajstić information content (AvgIpc) is 3.27. The first kappa shape index (κ1) is 17.6. The molecule has 5 nitrogen and oxygen atoms in total. The summed E-state index contributed by atoms with van der Waals surface area (Å²) in [7, 11) is 1.60. The van der Waals surface area contributed by atoms with Gasteiger partial charge >= 0.3 is 0 Å². The molecule has 0 aliphatic heterocycles. The molecule has 0 aliphatic rings. The number of nitrogens with one attached hydrogen (secondary N) is 1. The van der Waals surface area contributed by atoms with E-state index < -0.39 is 0 Å². The van der Waals surface area contributed by atoms with E-state index in [4.69, 9.17) is 20.8 Å². The number of nitrogens with zero attached hydrogens (tertiary/aromatic N) is 1. The molecule has 1 N–H and O–H groups in total. The van der Waals surface area contributed by atoms with Crippen LogP contribution in [0.2, 0.25) is 5.02 Å². The first-order valence-electron chi connectivity index (χ1n) is 8.15. The highest BCUT2D eigenvalue weighted by Crippen LogP contribution is 2.30. The summed E-state index contributed by atoms with van der Waals surface area (Å²) in [4.78, 5) is 17.1. The van der Waals surface area contributed by atoms with Crippen molar-refractivity contribution < 1.29 is 13.9 Å². The summed E-state index contributed by atoms with van der Waals surface area (Å²) in [6.45, 7) is 1.85. The van der Waals surface area contributed by atoms with Crippen LogP contribution >= 0.6 is 22.9 Å². The minimum atomic E-state index is -0.334. The number of hydrogen-bond donors (Lipinski definition) is 1. The number of hydrogen-bond acceptors (Lipinski definition) is 5. The number of rotatable bonds is 4. The first-order valence-corrected chi connectivity index (χ1v) is 9.41. The van der Waals surface area contributed by atoms with Gasteiger partial charge < -0.3 is 9.15 Å². The molecule has 27 heavy (non-hydrogen) atoms. The fourth-order valence-corrected chi connectivity index (χ4v) is 3.62. The van der Waals surface area contributed by atoms with Crippen LogP contribution in [0.5, 0.6) is 5.75 Å². The van der Waals surface area contributed by atoms with Crippen LogP contribution in [0.3, 0.4) is 0 Å². The van der Waals surface area contributed by atoms with Gasteiger partial charge in [0.1, 0.15) is 11.3 Å². The van der Waals surface area contributed by atoms with Gasteiger partial charge in [-0.2, -0.15) is 0 Å². The number of amides is 1. The molecule has 0 atom stereocenters. The lowest BCUT2D eigenvalue weighted by atomic mass is 10.1. The number of anilines is 1. The highest BCUT2D eigenvalue weighted by molar-refractivity contribution is 7.14. The zero-order valence-electron chi connectivity index (χ0n) is 14.6. The number of carbonyl (C=O) groups is 1. The first-order chi connectivity index (χ1) is 13.0. The SMILES string of the molecule is COc1ccc2oc(C(=O)Nc3nc(-c4ccc(Cl)cc4)cs3)c(C)c2c1. The highest BCUT2D eigenvalue weighted by Gasteiger charge is 2.19. The fraction of sp³-hybridized carbons (Fsp3) is 0.100. The molecule has 7 heteroatoms. The van der Waals surface area contributed by atoms with Crippen molar-refractivity contribution in [3.63, 3.8) is 0 Å². The predicted octanol–water partition coefficient (Wildman–Crippen LogP) is 5.78. The molecule has 0 unspecified atom stereocenters. The largest absolute Gasteiger partial charge is 0.497 e. The Morgan fingerprint density at radius 2 is 2.00 bits per heavy atom. The van der Waals surface area contributed by atoms with Crippen molar-refractivity contribution in [1.29, 1.82) is 0 Å². The molecule has 0 spiro atoms. The molecule has 136 valence electrons. The Balaban J connectivity index is 1.58. The molecule has 0 fully saturated rings. The van der Waals surface area contributed by atoms with Gasteiger partial charge in [-0.25, -0.2) is 4.98 Å². The number of thiazole rings is 1. The van der Waals surface area contributed by atoms with E-state index >= 15 is 0 Å². The third kappa shape index (κ3) is 3.41. The van der Waals surface area contributed by atoms with Crippen molar-refractivity contribution in [3.8, 4) is 17.0 Å². The minimum Gasteiger partial charge on any atom is -0.497 e. The number of aryl methyl sites for hydroxylation is 1. The van der Waals surface area contributed by atoms with E-state index in [2.05, 4.69) is 10.3 Å². The lowest BCUT2D eigenvalue weighted by molar-refractivity contribution is 0.0998. The summed E-state index contributed by atoms with van der Waals surface area (Å²) >= 11 is 7.27. The van der Waals surface area contributed by atoms with Crippen molar-refractivity contribution in [2.24, 2.45) is 0 Å². The molecule has 2 aromatic heterocycles. The van der Waals surface area contributed by atoms with E-state index in [9.17, 15) is 4.79 Å². The molecule has 1 amide bonds. The van der Waals surface area contributed by atoms with Crippen molar-refractivity contribution in [3.05, 3.63) is 64.2 Å². The normalized spacial score (nSPS) is 10.9. The van der Waals surface area contributed by atoms with Gasteiger partial charge in [-0.3, -0.25) is 10.1 Å². The van der Waals surface area contributed by atoms with Gasteiger partial charge in [-0.1, -0.05) is 23.7 Å². The second-order valence-electron chi connectivity index (χ2n) is 5.92. The number of furan rings is 1. The molecule has 0 aliphatic carbocycles. The minimum absolute atomic E-state index is 0.265. The molecule has 2 heterocycles.